The minimum Gasteiger partial charge on any atom is -0.352 e. The molecule has 1 fully saturated rings. The van der Waals surface area contributed by atoms with E-state index < -0.39 is 10.0 Å². The summed E-state index contributed by atoms with van der Waals surface area (Å²) in [5.41, 5.74) is 0.707. The quantitative estimate of drug-likeness (QED) is 0.760. The van der Waals surface area contributed by atoms with E-state index in [9.17, 15) is 17.6 Å². The summed E-state index contributed by atoms with van der Waals surface area (Å²) in [5, 5.41) is 2.79. The van der Waals surface area contributed by atoms with E-state index in [1.165, 1.54) is 22.5 Å². The Bertz CT molecular complexity index is 909. The summed E-state index contributed by atoms with van der Waals surface area (Å²) < 4.78 is 40.5. The van der Waals surface area contributed by atoms with Gasteiger partial charge in [0.25, 0.3) is 10.0 Å². The van der Waals surface area contributed by atoms with Crippen molar-refractivity contribution in [3.8, 4) is 0 Å². The second-order valence-electron chi connectivity index (χ2n) is 6.52. The van der Waals surface area contributed by atoms with Crippen LogP contribution in [-0.4, -0.2) is 31.7 Å². The zero-order valence-corrected chi connectivity index (χ0v) is 16.9. The monoisotopic (exact) mass is 430 g/mol. The number of amides is 1. The maximum Gasteiger partial charge on any atom is 0.252 e. The van der Waals surface area contributed by atoms with Crippen LogP contribution < -0.4 is 5.32 Å². The number of nitrogens with one attached hydrogen (secondary N) is 1. The average Bonchev–Trinajstić information content (AvgIpc) is 3.08. The fraction of sp³-hybridized carbons (Fsp3) is 0.389. The highest BCUT2D eigenvalue weighted by Gasteiger charge is 2.31. The van der Waals surface area contributed by atoms with Crippen LogP contribution in [0, 0.1) is 11.7 Å². The second kappa shape index (κ2) is 8.68. The van der Waals surface area contributed by atoms with Crippen LogP contribution in [0.1, 0.15) is 24.8 Å². The highest BCUT2D eigenvalue weighted by molar-refractivity contribution is 7.91. The van der Waals surface area contributed by atoms with Gasteiger partial charge in [0.1, 0.15) is 10.0 Å². The Labute approximate surface area is 167 Å². The summed E-state index contributed by atoms with van der Waals surface area (Å²) >= 11 is 6.89. The molecule has 0 spiro atoms. The smallest absolute Gasteiger partial charge is 0.252 e. The van der Waals surface area contributed by atoms with E-state index >= 15 is 0 Å². The summed E-state index contributed by atoms with van der Waals surface area (Å²) in [6.07, 6.45) is 1.60. The zero-order valence-electron chi connectivity index (χ0n) is 14.5. The first-order valence-corrected chi connectivity index (χ1v) is 11.2. The Morgan fingerprint density at radius 3 is 2.63 bits per heavy atom. The molecule has 1 aromatic heterocycles. The number of nitrogens with zero attached hydrogens (tertiary/aromatic N) is 1. The predicted octanol–water partition coefficient (Wildman–Crippen LogP) is 3.65. The van der Waals surface area contributed by atoms with Gasteiger partial charge in [0, 0.05) is 26.1 Å². The molecule has 2 aromatic rings. The summed E-state index contributed by atoms with van der Waals surface area (Å²) in [6, 6.07) is 9.21. The van der Waals surface area contributed by atoms with E-state index in [-0.39, 0.29) is 28.4 Å². The lowest BCUT2D eigenvalue weighted by atomic mass is 9.94. The molecule has 1 saturated heterocycles. The molecule has 0 atom stereocenters. The van der Waals surface area contributed by atoms with Gasteiger partial charge in [-0.3, -0.25) is 4.79 Å². The van der Waals surface area contributed by atoms with Gasteiger partial charge in [0.05, 0.1) is 4.34 Å². The van der Waals surface area contributed by atoms with E-state index in [1.807, 2.05) is 0 Å². The van der Waals surface area contributed by atoms with E-state index in [0.717, 1.165) is 11.3 Å². The van der Waals surface area contributed by atoms with E-state index in [4.69, 9.17) is 11.6 Å². The Balaban J connectivity index is 1.47. The first-order valence-electron chi connectivity index (χ1n) is 8.61. The summed E-state index contributed by atoms with van der Waals surface area (Å²) in [4.78, 5) is 12.1. The zero-order chi connectivity index (χ0) is 19.4. The number of benzene rings is 1. The van der Waals surface area contributed by atoms with Crippen molar-refractivity contribution in [1.29, 1.82) is 0 Å². The van der Waals surface area contributed by atoms with Crippen LogP contribution in [-0.2, 0) is 21.4 Å². The van der Waals surface area contributed by atoms with Crippen LogP contribution in [0.5, 0.6) is 0 Å². The maximum absolute atomic E-state index is 13.1. The molecule has 0 radical (unpaired) electrons. The molecule has 5 nitrogen and oxygen atoms in total. The Morgan fingerprint density at radius 2 is 2.00 bits per heavy atom. The molecule has 0 unspecified atom stereocenters. The first kappa shape index (κ1) is 20.3. The van der Waals surface area contributed by atoms with Crippen LogP contribution in [0.4, 0.5) is 4.39 Å². The molecule has 9 heteroatoms. The average molecular weight is 431 g/mol. The molecule has 2 heterocycles. The molecule has 0 bridgehead atoms. The van der Waals surface area contributed by atoms with Crippen LogP contribution >= 0.6 is 22.9 Å². The Morgan fingerprint density at radius 1 is 1.26 bits per heavy atom. The number of carbonyl (C=O) groups excluding carboxylic acids is 1. The van der Waals surface area contributed by atoms with E-state index in [1.54, 1.807) is 18.2 Å². The van der Waals surface area contributed by atoms with Crippen molar-refractivity contribution in [2.75, 3.05) is 13.1 Å². The number of piperidine rings is 1. The standard InChI is InChI=1S/C18H20ClFN2O3S2/c19-16-4-5-18(26-16)27(24,25)22-8-6-13(7-9-22)11-17(23)21-12-14-2-1-3-15(20)10-14/h1-5,10,13H,6-9,11-12H2,(H,21,23). The van der Waals surface area contributed by atoms with Crippen molar-refractivity contribution in [3.05, 3.63) is 52.1 Å². The molecular formula is C18H20ClFN2O3S2. The maximum atomic E-state index is 13.1. The van der Waals surface area contributed by atoms with Gasteiger partial charge in [-0.15, -0.1) is 11.3 Å². The number of carbonyl (C=O) groups is 1. The van der Waals surface area contributed by atoms with Gasteiger partial charge in [-0.1, -0.05) is 23.7 Å². The van der Waals surface area contributed by atoms with Crippen LogP contribution in [0.25, 0.3) is 0 Å². The lowest BCUT2D eigenvalue weighted by molar-refractivity contribution is -0.122. The molecular weight excluding hydrogens is 411 g/mol. The summed E-state index contributed by atoms with van der Waals surface area (Å²) in [6.45, 7) is 1.06. The third-order valence-corrected chi connectivity index (χ3v) is 8.17. The Kier molecular flexibility index (Phi) is 6.52. The molecule has 1 aliphatic heterocycles. The number of rotatable bonds is 6. The highest BCUT2D eigenvalue weighted by atomic mass is 35.5. The lowest BCUT2D eigenvalue weighted by Gasteiger charge is -2.30. The van der Waals surface area contributed by atoms with Crippen molar-refractivity contribution >= 4 is 38.9 Å². The molecule has 1 amide bonds. The first-order chi connectivity index (χ1) is 12.8. The number of halogens is 2. The van der Waals surface area contributed by atoms with E-state index in [0.29, 0.717) is 42.3 Å². The van der Waals surface area contributed by atoms with E-state index in [2.05, 4.69) is 5.32 Å². The van der Waals surface area contributed by atoms with Crippen molar-refractivity contribution in [2.45, 2.75) is 30.0 Å². The lowest BCUT2D eigenvalue weighted by Crippen LogP contribution is -2.39. The Hall–Kier alpha value is -1.48. The molecule has 1 aromatic carbocycles. The number of hydrogen-bond acceptors (Lipinski definition) is 4. The van der Waals surface area contributed by atoms with Gasteiger partial charge >= 0.3 is 0 Å². The van der Waals surface area contributed by atoms with Gasteiger partial charge in [-0.2, -0.15) is 4.31 Å². The van der Waals surface area contributed by atoms with Gasteiger partial charge in [0.2, 0.25) is 5.91 Å². The number of thiophene rings is 1. The second-order valence-corrected chi connectivity index (χ2v) is 10.4. The van der Waals surface area contributed by atoms with Crippen LogP contribution in [0.2, 0.25) is 4.34 Å². The van der Waals surface area contributed by atoms with Gasteiger partial charge in [-0.05, 0) is 48.6 Å². The largest absolute Gasteiger partial charge is 0.352 e. The van der Waals surface area contributed by atoms with Gasteiger partial charge in [-0.25, -0.2) is 12.8 Å². The molecule has 146 valence electrons. The van der Waals surface area contributed by atoms with Crippen molar-refractivity contribution in [3.63, 3.8) is 0 Å². The minimum absolute atomic E-state index is 0.106. The summed E-state index contributed by atoms with van der Waals surface area (Å²) in [5.74, 6) is -0.302. The SMILES string of the molecule is O=C(CC1CCN(S(=O)(=O)c2ccc(Cl)s2)CC1)NCc1cccc(F)c1. The van der Waals surface area contributed by atoms with Crippen LogP contribution in [0.15, 0.2) is 40.6 Å². The molecule has 0 saturated carbocycles. The van der Waals surface area contributed by atoms with Crippen molar-refractivity contribution in [2.24, 2.45) is 5.92 Å². The van der Waals surface area contributed by atoms with Crippen molar-refractivity contribution in [1.82, 2.24) is 9.62 Å². The number of sulfonamides is 1. The van der Waals surface area contributed by atoms with Gasteiger partial charge in [0.15, 0.2) is 0 Å². The normalized spacial score (nSPS) is 16.4. The predicted molar refractivity (Wildman–Crippen MR) is 104 cm³/mol. The minimum atomic E-state index is -3.51. The third kappa shape index (κ3) is 5.28. The topological polar surface area (TPSA) is 66.5 Å². The number of hydrogen-bond donors (Lipinski definition) is 1. The molecule has 27 heavy (non-hydrogen) atoms. The third-order valence-electron chi connectivity index (χ3n) is 4.57. The van der Waals surface area contributed by atoms with Crippen molar-refractivity contribution < 1.29 is 17.6 Å². The highest BCUT2D eigenvalue weighted by Crippen LogP contribution is 2.31. The van der Waals surface area contributed by atoms with Crippen LogP contribution in [0.3, 0.4) is 0 Å². The molecule has 3 rings (SSSR count). The summed E-state index contributed by atoms with van der Waals surface area (Å²) in [7, 11) is -3.51. The van der Waals surface area contributed by atoms with Gasteiger partial charge < -0.3 is 5.32 Å². The molecule has 0 aliphatic carbocycles. The fourth-order valence-electron chi connectivity index (χ4n) is 3.10. The fourth-order valence-corrected chi connectivity index (χ4v) is 6.21. The molecule has 1 aliphatic rings. The molecule has 1 N–H and O–H groups in total.